The second-order valence-electron chi connectivity index (χ2n) is 8.21. The normalized spacial score (nSPS) is 44.2. The molecular formula is C17H29ClN2O. The molecule has 1 atom stereocenters. The third-order valence-electron chi connectivity index (χ3n) is 6.36. The van der Waals surface area contributed by atoms with Crippen LogP contribution in [0.5, 0.6) is 0 Å². The maximum absolute atomic E-state index is 12.5. The highest BCUT2D eigenvalue weighted by Gasteiger charge is 2.51. The molecule has 4 bridgehead atoms. The van der Waals surface area contributed by atoms with Crippen LogP contribution in [0.3, 0.4) is 0 Å². The Bertz CT molecular complexity index is 357. The number of piperidine rings is 1. The highest BCUT2D eigenvalue weighted by atomic mass is 35.5. The Morgan fingerprint density at radius 3 is 2.24 bits per heavy atom. The van der Waals surface area contributed by atoms with Crippen LogP contribution in [0.2, 0.25) is 0 Å². The fourth-order valence-corrected chi connectivity index (χ4v) is 6.10. The van der Waals surface area contributed by atoms with Crippen LogP contribution < -0.4 is 10.6 Å². The van der Waals surface area contributed by atoms with Crippen molar-refractivity contribution in [1.82, 2.24) is 10.6 Å². The molecule has 1 aliphatic heterocycles. The molecule has 3 nitrogen and oxygen atoms in total. The van der Waals surface area contributed by atoms with Crippen LogP contribution in [-0.2, 0) is 4.79 Å². The second kappa shape index (κ2) is 6.08. The summed E-state index contributed by atoms with van der Waals surface area (Å²) in [5, 5.41) is 6.68. The molecule has 5 aliphatic rings. The summed E-state index contributed by atoms with van der Waals surface area (Å²) >= 11 is 0. The number of carbonyl (C=O) groups is 1. The van der Waals surface area contributed by atoms with Crippen LogP contribution in [0.25, 0.3) is 0 Å². The van der Waals surface area contributed by atoms with Crippen molar-refractivity contribution in [1.29, 1.82) is 0 Å². The Morgan fingerprint density at radius 2 is 1.71 bits per heavy atom. The van der Waals surface area contributed by atoms with Crippen molar-refractivity contribution >= 4 is 18.3 Å². The van der Waals surface area contributed by atoms with Crippen molar-refractivity contribution in [2.45, 2.75) is 63.8 Å². The number of amides is 1. The van der Waals surface area contributed by atoms with Crippen molar-refractivity contribution in [2.24, 2.45) is 23.2 Å². The zero-order chi connectivity index (χ0) is 13.6. The first kappa shape index (κ1) is 15.6. The lowest BCUT2D eigenvalue weighted by Crippen LogP contribution is -2.50. The van der Waals surface area contributed by atoms with E-state index in [1.807, 2.05) is 0 Å². The van der Waals surface area contributed by atoms with E-state index in [9.17, 15) is 4.79 Å². The van der Waals surface area contributed by atoms with Crippen LogP contribution >= 0.6 is 12.4 Å². The molecule has 1 amide bonds. The van der Waals surface area contributed by atoms with Gasteiger partial charge >= 0.3 is 0 Å². The molecule has 0 radical (unpaired) electrons. The Morgan fingerprint density at radius 1 is 1.10 bits per heavy atom. The summed E-state index contributed by atoms with van der Waals surface area (Å²) in [5.74, 6) is 3.18. The van der Waals surface area contributed by atoms with Crippen molar-refractivity contribution in [3.05, 3.63) is 0 Å². The lowest BCUT2D eigenvalue weighted by molar-refractivity contribution is -0.130. The van der Waals surface area contributed by atoms with Crippen LogP contribution in [0, 0.1) is 23.2 Å². The zero-order valence-corrected chi connectivity index (χ0v) is 13.7. The molecule has 1 saturated heterocycles. The average Bonchev–Trinajstić information content (AvgIpc) is 2.37. The van der Waals surface area contributed by atoms with Crippen LogP contribution in [0.4, 0.5) is 0 Å². The topological polar surface area (TPSA) is 41.1 Å². The van der Waals surface area contributed by atoms with Gasteiger partial charge in [-0.2, -0.15) is 0 Å². The van der Waals surface area contributed by atoms with E-state index in [0.717, 1.165) is 43.7 Å². The molecule has 0 spiro atoms. The van der Waals surface area contributed by atoms with E-state index in [-0.39, 0.29) is 12.4 Å². The first-order valence-electron chi connectivity index (χ1n) is 8.71. The predicted molar refractivity (Wildman–Crippen MR) is 86.5 cm³/mol. The molecule has 1 unspecified atom stereocenters. The van der Waals surface area contributed by atoms with Gasteiger partial charge in [0.25, 0.3) is 0 Å². The van der Waals surface area contributed by atoms with Gasteiger partial charge in [0.2, 0.25) is 5.91 Å². The molecule has 2 N–H and O–H groups in total. The van der Waals surface area contributed by atoms with Gasteiger partial charge in [-0.1, -0.05) is 0 Å². The third kappa shape index (κ3) is 3.24. The van der Waals surface area contributed by atoms with Gasteiger partial charge in [-0.25, -0.2) is 0 Å². The standard InChI is InChI=1S/C17H28N2O.ClH/c20-16(19-15-2-1-3-18-11-15)10-17-7-12-4-13(8-17)6-14(5-12)9-17;/h12-15,18H,1-11H2,(H,19,20);1H. The highest BCUT2D eigenvalue weighted by Crippen LogP contribution is 2.61. The van der Waals surface area contributed by atoms with Crippen LogP contribution in [0.15, 0.2) is 0 Å². The second-order valence-corrected chi connectivity index (χ2v) is 8.21. The summed E-state index contributed by atoms with van der Waals surface area (Å²) in [7, 11) is 0. The van der Waals surface area contributed by atoms with E-state index >= 15 is 0 Å². The lowest BCUT2D eigenvalue weighted by Gasteiger charge is -2.56. The molecule has 5 rings (SSSR count). The van der Waals surface area contributed by atoms with Gasteiger partial charge in [0.05, 0.1) is 0 Å². The van der Waals surface area contributed by atoms with Gasteiger partial charge in [-0.05, 0) is 81.1 Å². The van der Waals surface area contributed by atoms with E-state index in [1.54, 1.807) is 0 Å². The maximum atomic E-state index is 12.5. The van der Waals surface area contributed by atoms with Crippen molar-refractivity contribution in [2.75, 3.05) is 13.1 Å². The smallest absolute Gasteiger partial charge is 0.220 e. The molecule has 120 valence electrons. The van der Waals surface area contributed by atoms with Crippen LogP contribution in [-0.4, -0.2) is 25.0 Å². The molecule has 1 heterocycles. The molecule has 5 fully saturated rings. The van der Waals surface area contributed by atoms with Crippen LogP contribution in [0.1, 0.15) is 57.8 Å². The minimum absolute atomic E-state index is 0. The monoisotopic (exact) mass is 312 g/mol. The molecule has 4 saturated carbocycles. The molecule has 4 heteroatoms. The van der Waals surface area contributed by atoms with Gasteiger partial charge in [-0.15, -0.1) is 12.4 Å². The van der Waals surface area contributed by atoms with Crippen molar-refractivity contribution < 1.29 is 4.79 Å². The minimum Gasteiger partial charge on any atom is -0.352 e. The van der Waals surface area contributed by atoms with Crippen molar-refractivity contribution in [3.63, 3.8) is 0 Å². The first-order chi connectivity index (χ1) is 9.71. The third-order valence-corrected chi connectivity index (χ3v) is 6.36. The van der Waals surface area contributed by atoms with E-state index in [2.05, 4.69) is 10.6 Å². The lowest BCUT2D eigenvalue weighted by atomic mass is 9.49. The van der Waals surface area contributed by atoms with Gasteiger partial charge in [-0.3, -0.25) is 4.79 Å². The average molecular weight is 313 g/mol. The first-order valence-corrected chi connectivity index (χ1v) is 8.71. The summed E-state index contributed by atoms with van der Waals surface area (Å²) in [6.07, 6.45) is 11.6. The summed E-state index contributed by atoms with van der Waals surface area (Å²) < 4.78 is 0. The number of nitrogens with one attached hydrogen (secondary N) is 2. The number of hydrogen-bond donors (Lipinski definition) is 2. The molecule has 0 aromatic rings. The number of hydrogen-bond acceptors (Lipinski definition) is 2. The molecule has 21 heavy (non-hydrogen) atoms. The van der Waals surface area contributed by atoms with Gasteiger partial charge in [0, 0.05) is 19.0 Å². The van der Waals surface area contributed by atoms with E-state index in [0.29, 0.717) is 17.4 Å². The van der Waals surface area contributed by atoms with E-state index in [1.165, 1.54) is 44.9 Å². The maximum Gasteiger partial charge on any atom is 0.220 e. The van der Waals surface area contributed by atoms with Gasteiger partial charge < -0.3 is 10.6 Å². The van der Waals surface area contributed by atoms with Gasteiger partial charge in [0.15, 0.2) is 0 Å². The Balaban J connectivity index is 0.00000132. The Kier molecular flexibility index (Phi) is 4.52. The quantitative estimate of drug-likeness (QED) is 0.841. The number of rotatable bonds is 3. The van der Waals surface area contributed by atoms with Gasteiger partial charge in [0.1, 0.15) is 0 Å². The predicted octanol–water partition coefficient (Wildman–Crippen LogP) is 2.88. The largest absolute Gasteiger partial charge is 0.352 e. The zero-order valence-electron chi connectivity index (χ0n) is 12.9. The summed E-state index contributed by atoms with van der Waals surface area (Å²) in [5.41, 5.74) is 0.390. The summed E-state index contributed by atoms with van der Waals surface area (Å²) in [6.45, 7) is 2.08. The fraction of sp³-hybridized carbons (Fsp3) is 0.941. The number of halogens is 1. The van der Waals surface area contributed by atoms with E-state index < -0.39 is 0 Å². The highest BCUT2D eigenvalue weighted by molar-refractivity contribution is 5.85. The minimum atomic E-state index is 0. The SMILES string of the molecule is Cl.O=C(CC12CC3CC(CC(C3)C1)C2)NC1CCCNC1. The molecular weight excluding hydrogens is 284 g/mol. The molecule has 0 aromatic heterocycles. The summed E-state index contributed by atoms with van der Waals surface area (Å²) in [6, 6.07) is 0.380. The summed E-state index contributed by atoms with van der Waals surface area (Å²) in [4.78, 5) is 12.5. The number of carbonyl (C=O) groups excluding carboxylic acids is 1. The van der Waals surface area contributed by atoms with E-state index in [4.69, 9.17) is 0 Å². The fourth-order valence-electron chi connectivity index (χ4n) is 6.10. The Hall–Kier alpha value is -0.280. The molecule has 0 aromatic carbocycles. The van der Waals surface area contributed by atoms with Crippen molar-refractivity contribution in [3.8, 4) is 0 Å². The Labute approximate surface area is 134 Å². The molecule has 4 aliphatic carbocycles.